The van der Waals surface area contributed by atoms with Gasteiger partial charge in [0.1, 0.15) is 11.5 Å². The van der Waals surface area contributed by atoms with Crippen molar-refractivity contribution < 1.29 is 27.4 Å². The molecule has 4 nitrogen and oxygen atoms in total. The van der Waals surface area contributed by atoms with Gasteiger partial charge in [0.05, 0.1) is 23.9 Å². The van der Waals surface area contributed by atoms with Crippen LogP contribution in [0.3, 0.4) is 0 Å². The predicted octanol–water partition coefficient (Wildman–Crippen LogP) is 5.68. The maximum absolute atomic E-state index is 12.6. The van der Waals surface area contributed by atoms with Crippen LogP contribution in [0.5, 0.6) is 11.5 Å². The Morgan fingerprint density at radius 2 is 1.45 bits per heavy atom. The van der Waals surface area contributed by atoms with Gasteiger partial charge >= 0.3 is 12.1 Å². The summed E-state index contributed by atoms with van der Waals surface area (Å²) in [5.41, 5.74) is 0.747. The molecular weight excluding hydrogens is 383 g/mol. The summed E-state index contributed by atoms with van der Waals surface area (Å²) in [5, 5.41) is 0. The summed E-state index contributed by atoms with van der Waals surface area (Å²) in [6.07, 6.45) is -2.80. The number of aliphatic imine (C=N–C) groups is 1. The molecule has 0 radical (unpaired) electrons. The third-order valence-electron chi connectivity index (χ3n) is 3.97. The van der Waals surface area contributed by atoms with Crippen LogP contribution < -0.4 is 9.47 Å². The van der Waals surface area contributed by atoms with Crippen molar-refractivity contribution in [2.75, 3.05) is 7.11 Å². The van der Waals surface area contributed by atoms with Crippen LogP contribution >= 0.6 is 0 Å². The number of rotatable bonds is 5. The Balaban J connectivity index is 1.62. The summed E-state index contributed by atoms with van der Waals surface area (Å²) in [7, 11) is 1.59. The number of carbonyl (C=O) groups is 1. The number of alkyl halides is 3. The summed E-state index contributed by atoms with van der Waals surface area (Å²) in [6, 6.07) is 17.7. The second-order valence-corrected chi connectivity index (χ2v) is 5.99. The van der Waals surface area contributed by atoms with Crippen LogP contribution in [0.15, 0.2) is 77.8 Å². The molecule has 0 saturated heterocycles. The fourth-order valence-electron chi connectivity index (χ4n) is 2.40. The highest BCUT2D eigenvalue weighted by Gasteiger charge is 2.30. The number of hydrogen-bond donors (Lipinski definition) is 0. The molecule has 29 heavy (non-hydrogen) atoms. The first-order valence-corrected chi connectivity index (χ1v) is 8.53. The van der Waals surface area contributed by atoms with Gasteiger partial charge in [-0.25, -0.2) is 4.79 Å². The third kappa shape index (κ3) is 5.44. The molecule has 0 atom stereocenters. The number of methoxy groups -OCH3 is 1. The molecule has 3 aromatic carbocycles. The van der Waals surface area contributed by atoms with Crippen molar-refractivity contribution in [3.8, 4) is 11.5 Å². The second kappa shape index (κ2) is 8.60. The van der Waals surface area contributed by atoms with Gasteiger partial charge in [0.15, 0.2) is 0 Å². The minimum absolute atomic E-state index is 0.0307. The van der Waals surface area contributed by atoms with E-state index >= 15 is 0 Å². The van der Waals surface area contributed by atoms with Crippen molar-refractivity contribution in [3.05, 3.63) is 89.5 Å². The van der Waals surface area contributed by atoms with E-state index < -0.39 is 17.7 Å². The van der Waals surface area contributed by atoms with Gasteiger partial charge in [-0.2, -0.15) is 13.2 Å². The predicted molar refractivity (Wildman–Crippen MR) is 103 cm³/mol. The van der Waals surface area contributed by atoms with Crippen molar-refractivity contribution in [1.82, 2.24) is 0 Å². The molecule has 0 aliphatic heterocycles. The van der Waals surface area contributed by atoms with Crippen LogP contribution in [0.25, 0.3) is 0 Å². The van der Waals surface area contributed by atoms with Crippen molar-refractivity contribution in [2.24, 2.45) is 4.99 Å². The van der Waals surface area contributed by atoms with Gasteiger partial charge in [-0.05, 0) is 78.4 Å². The molecule has 0 spiro atoms. The van der Waals surface area contributed by atoms with Crippen LogP contribution in [-0.4, -0.2) is 19.3 Å². The highest BCUT2D eigenvalue weighted by Crippen LogP contribution is 2.29. The number of nitrogens with zero attached hydrogens (tertiary/aromatic N) is 1. The molecule has 148 valence electrons. The van der Waals surface area contributed by atoms with Gasteiger partial charge < -0.3 is 9.47 Å². The van der Waals surface area contributed by atoms with Gasteiger partial charge in [0, 0.05) is 6.21 Å². The summed E-state index contributed by atoms with van der Waals surface area (Å²) in [6.45, 7) is 0. The van der Waals surface area contributed by atoms with E-state index in [0.717, 1.165) is 41.3 Å². The minimum Gasteiger partial charge on any atom is -0.497 e. The lowest BCUT2D eigenvalue weighted by molar-refractivity contribution is -0.137. The number of hydrogen-bond acceptors (Lipinski definition) is 4. The summed E-state index contributed by atoms with van der Waals surface area (Å²) >= 11 is 0. The summed E-state index contributed by atoms with van der Waals surface area (Å²) in [4.78, 5) is 16.4. The Morgan fingerprint density at radius 1 is 0.862 bits per heavy atom. The fraction of sp³-hybridized carbons (Fsp3) is 0.0909. The first-order valence-electron chi connectivity index (χ1n) is 8.53. The van der Waals surface area contributed by atoms with E-state index in [1.807, 2.05) is 12.1 Å². The minimum atomic E-state index is -4.45. The molecule has 0 bridgehead atoms. The lowest BCUT2D eigenvalue weighted by atomic mass is 10.1. The Hall–Kier alpha value is -3.61. The SMILES string of the molecule is COc1ccc(N=Cc2ccc(OC(=O)c3ccc(C(F)(F)F)cc3)cc2)cc1. The van der Waals surface area contributed by atoms with Crippen LogP contribution in [0.1, 0.15) is 21.5 Å². The standard InChI is InChI=1S/C22H16F3NO3/c1-28-19-12-8-18(9-13-19)26-14-15-2-10-20(11-3-15)29-21(27)16-4-6-17(7-5-16)22(23,24)25/h2-14H,1H3. The fourth-order valence-corrected chi connectivity index (χ4v) is 2.40. The zero-order valence-corrected chi connectivity index (χ0v) is 15.3. The maximum Gasteiger partial charge on any atom is 0.416 e. The maximum atomic E-state index is 12.6. The second-order valence-electron chi connectivity index (χ2n) is 5.99. The number of esters is 1. The van der Waals surface area contributed by atoms with Gasteiger partial charge in [-0.15, -0.1) is 0 Å². The van der Waals surface area contributed by atoms with Gasteiger partial charge in [0.25, 0.3) is 0 Å². The molecule has 0 fully saturated rings. The molecule has 3 rings (SSSR count). The van der Waals surface area contributed by atoms with Gasteiger partial charge in [0.2, 0.25) is 0 Å². The number of halogens is 3. The highest BCUT2D eigenvalue weighted by molar-refractivity contribution is 5.91. The van der Waals surface area contributed by atoms with E-state index in [9.17, 15) is 18.0 Å². The number of benzene rings is 3. The average molecular weight is 399 g/mol. The number of ether oxygens (including phenoxy) is 2. The largest absolute Gasteiger partial charge is 0.497 e. The van der Waals surface area contributed by atoms with Crippen molar-refractivity contribution in [1.29, 1.82) is 0 Å². The van der Waals surface area contributed by atoms with Gasteiger partial charge in [-0.3, -0.25) is 4.99 Å². The van der Waals surface area contributed by atoms with E-state index in [1.165, 1.54) is 0 Å². The Morgan fingerprint density at radius 3 is 2.00 bits per heavy atom. The Kier molecular flexibility index (Phi) is 5.97. The molecule has 0 amide bonds. The molecule has 0 unspecified atom stereocenters. The highest BCUT2D eigenvalue weighted by atomic mass is 19.4. The van der Waals surface area contributed by atoms with Gasteiger partial charge in [-0.1, -0.05) is 0 Å². The molecule has 3 aromatic rings. The van der Waals surface area contributed by atoms with E-state index in [1.54, 1.807) is 49.7 Å². The molecular formula is C22H16F3NO3. The van der Waals surface area contributed by atoms with E-state index in [2.05, 4.69) is 4.99 Å². The lowest BCUT2D eigenvalue weighted by Crippen LogP contribution is -2.10. The molecule has 0 saturated carbocycles. The van der Waals surface area contributed by atoms with E-state index in [4.69, 9.17) is 9.47 Å². The summed E-state index contributed by atoms with van der Waals surface area (Å²) < 4.78 is 48.0. The van der Waals surface area contributed by atoms with Crippen molar-refractivity contribution in [2.45, 2.75) is 6.18 Å². The number of carbonyl (C=O) groups excluding carboxylic acids is 1. The van der Waals surface area contributed by atoms with Crippen LogP contribution in [-0.2, 0) is 6.18 Å². The average Bonchev–Trinajstić information content (AvgIpc) is 2.73. The zero-order chi connectivity index (χ0) is 20.9. The first kappa shape index (κ1) is 20.1. The zero-order valence-electron chi connectivity index (χ0n) is 15.3. The molecule has 0 aliphatic carbocycles. The topological polar surface area (TPSA) is 47.9 Å². The Labute approximate surface area is 165 Å². The summed E-state index contributed by atoms with van der Waals surface area (Å²) in [5.74, 6) is 0.276. The molecule has 0 N–H and O–H groups in total. The van der Waals surface area contributed by atoms with Crippen molar-refractivity contribution in [3.63, 3.8) is 0 Å². The normalized spacial score (nSPS) is 11.4. The van der Waals surface area contributed by atoms with Crippen molar-refractivity contribution >= 4 is 17.9 Å². The van der Waals surface area contributed by atoms with E-state index in [0.29, 0.717) is 0 Å². The molecule has 0 aromatic heterocycles. The smallest absolute Gasteiger partial charge is 0.416 e. The molecule has 7 heteroatoms. The monoisotopic (exact) mass is 399 g/mol. The molecule has 0 heterocycles. The first-order chi connectivity index (χ1) is 13.8. The van der Waals surface area contributed by atoms with E-state index in [-0.39, 0.29) is 11.3 Å². The molecule has 0 aliphatic rings. The quantitative estimate of drug-likeness (QED) is 0.315. The Bertz CT molecular complexity index is 993. The van der Waals surface area contributed by atoms with Crippen LogP contribution in [0, 0.1) is 0 Å². The third-order valence-corrected chi connectivity index (χ3v) is 3.97. The van der Waals surface area contributed by atoms with Crippen LogP contribution in [0.2, 0.25) is 0 Å². The lowest BCUT2D eigenvalue weighted by Gasteiger charge is -2.08. The van der Waals surface area contributed by atoms with Crippen LogP contribution in [0.4, 0.5) is 18.9 Å².